The van der Waals surface area contributed by atoms with Gasteiger partial charge in [-0.1, -0.05) is 37.1 Å². The molecule has 4 amide bonds. The Hall–Kier alpha value is -2.40. The maximum absolute atomic E-state index is 12.6. The Morgan fingerprint density at radius 1 is 1.32 bits per heavy atom. The summed E-state index contributed by atoms with van der Waals surface area (Å²) in [7, 11) is 0. The molecule has 0 aromatic carbocycles. The minimum absolute atomic E-state index is 0.000352. The molecule has 3 heterocycles. The number of nitrogens with zero attached hydrogens (tertiary/aromatic N) is 3. The minimum atomic E-state index is -0.851. The molecule has 0 atom stereocenters. The van der Waals surface area contributed by atoms with Gasteiger partial charge in [0.2, 0.25) is 11.1 Å². The number of urea groups is 1. The summed E-state index contributed by atoms with van der Waals surface area (Å²) in [5.74, 6) is -0.100. The summed E-state index contributed by atoms with van der Waals surface area (Å²) in [5, 5.41) is 13.0. The van der Waals surface area contributed by atoms with Crippen LogP contribution in [0.1, 0.15) is 42.8 Å². The lowest BCUT2D eigenvalue weighted by molar-refractivity contribution is -0.139. The zero-order valence-corrected chi connectivity index (χ0v) is 16.7. The number of aromatic nitrogens is 3. The highest BCUT2D eigenvalue weighted by atomic mass is 32.2. The molecule has 1 saturated carbocycles. The second kappa shape index (κ2) is 7.92. The largest absolute Gasteiger partial charge is 0.344 e. The molecule has 2 aromatic heterocycles. The molecule has 11 heteroatoms. The maximum Gasteiger partial charge on any atom is 0.344 e. The molecular weight excluding hydrogens is 400 g/mol. The number of hydrogen-bond acceptors (Lipinski definition) is 7. The zero-order chi connectivity index (χ0) is 19.6. The Bertz CT molecular complexity index is 875. The normalized spacial score (nSPS) is 18.5. The lowest BCUT2D eigenvalue weighted by atomic mass is 9.82. The number of imide groups is 1. The average Bonchev–Trinajstić information content (AvgIpc) is 3.40. The van der Waals surface area contributed by atoms with Gasteiger partial charge in [0, 0.05) is 11.3 Å². The van der Waals surface area contributed by atoms with Crippen LogP contribution in [0.5, 0.6) is 0 Å². The van der Waals surface area contributed by atoms with Crippen molar-refractivity contribution in [3.8, 4) is 0 Å². The van der Waals surface area contributed by atoms with E-state index in [1.165, 1.54) is 4.88 Å². The van der Waals surface area contributed by atoms with Crippen molar-refractivity contribution in [1.29, 1.82) is 0 Å². The van der Waals surface area contributed by atoms with Crippen molar-refractivity contribution in [2.24, 2.45) is 0 Å². The van der Waals surface area contributed by atoms with Gasteiger partial charge in [0.15, 0.2) is 0 Å². The first-order chi connectivity index (χ1) is 13.6. The second-order valence-corrected chi connectivity index (χ2v) is 8.83. The molecule has 2 aliphatic rings. The number of carbonyl (C=O) groups excluding carboxylic acids is 3. The third kappa shape index (κ3) is 3.90. The predicted octanol–water partition coefficient (Wildman–Crippen LogP) is 1.84. The Morgan fingerprint density at radius 3 is 2.89 bits per heavy atom. The molecule has 1 spiro atoms. The summed E-state index contributed by atoms with van der Waals surface area (Å²) in [4.78, 5) is 42.6. The van der Waals surface area contributed by atoms with Crippen LogP contribution in [0.25, 0.3) is 0 Å². The van der Waals surface area contributed by atoms with E-state index >= 15 is 0 Å². The first-order valence-corrected chi connectivity index (χ1v) is 10.9. The fraction of sp³-hybridized carbons (Fsp3) is 0.471. The van der Waals surface area contributed by atoms with Crippen molar-refractivity contribution in [3.05, 3.63) is 28.2 Å². The van der Waals surface area contributed by atoms with E-state index < -0.39 is 17.5 Å². The van der Waals surface area contributed by atoms with Crippen LogP contribution in [-0.2, 0) is 16.0 Å². The van der Waals surface area contributed by atoms with Crippen LogP contribution in [0.3, 0.4) is 0 Å². The molecule has 1 aliphatic heterocycles. The Balaban J connectivity index is 1.29. The van der Waals surface area contributed by atoms with Gasteiger partial charge >= 0.3 is 6.03 Å². The van der Waals surface area contributed by atoms with Crippen LogP contribution in [0, 0.1) is 0 Å². The SMILES string of the molecule is O=C(CSc1n[nH]c(Cc2cccs2)n1)NN1C(=O)NC2(CCCCC2)C1=O. The number of aromatic amines is 1. The third-order valence-corrected chi connectivity index (χ3v) is 6.59. The van der Waals surface area contributed by atoms with Gasteiger partial charge in [0.25, 0.3) is 5.91 Å². The summed E-state index contributed by atoms with van der Waals surface area (Å²) >= 11 is 2.78. The second-order valence-electron chi connectivity index (χ2n) is 6.86. The first kappa shape index (κ1) is 18.9. The smallest absolute Gasteiger partial charge is 0.322 e. The number of thiophene rings is 1. The van der Waals surface area contributed by atoms with Crippen molar-refractivity contribution < 1.29 is 14.4 Å². The number of thioether (sulfide) groups is 1. The van der Waals surface area contributed by atoms with Gasteiger partial charge in [0.05, 0.1) is 5.75 Å². The van der Waals surface area contributed by atoms with Gasteiger partial charge in [-0.25, -0.2) is 9.78 Å². The summed E-state index contributed by atoms with van der Waals surface area (Å²) < 4.78 is 0. The fourth-order valence-corrected chi connectivity index (χ4v) is 4.82. The van der Waals surface area contributed by atoms with Crippen LogP contribution in [0.15, 0.2) is 22.7 Å². The first-order valence-electron chi connectivity index (χ1n) is 9.08. The monoisotopic (exact) mass is 420 g/mol. The number of hydrazine groups is 1. The highest BCUT2D eigenvalue weighted by Crippen LogP contribution is 2.33. The van der Waals surface area contributed by atoms with Crippen molar-refractivity contribution in [2.75, 3.05) is 5.75 Å². The van der Waals surface area contributed by atoms with Crippen LogP contribution >= 0.6 is 23.1 Å². The minimum Gasteiger partial charge on any atom is -0.322 e. The highest BCUT2D eigenvalue weighted by molar-refractivity contribution is 7.99. The Kier molecular flexibility index (Phi) is 5.36. The maximum atomic E-state index is 12.6. The number of hydrogen-bond donors (Lipinski definition) is 3. The zero-order valence-electron chi connectivity index (χ0n) is 15.1. The fourth-order valence-electron chi connectivity index (χ4n) is 3.50. The topological polar surface area (TPSA) is 120 Å². The molecule has 1 aliphatic carbocycles. The molecule has 3 N–H and O–H groups in total. The summed E-state index contributed by atoms with van der Waals surface area (Å²) in [6.07, 6.45) is 4.72. The molecule has 148 valence electrons. The van der Waals surface area contributed by atoms with E-state index in [2.05, 4.69) is 25.9 Å². The number of amides is 4. The van der Waals surface area contributed by atoms with Gasteiger partial charge in [-0.15, -0.1) is 16.4 Å². The molecule has 1 saturated heterocycles. The molecule has 0 bridgehead atoms. The van der Waals surface area contributed by atoms with Gasteiger partial charge < -0.3 is 5.32 Å². The molecule has 28 heavy (non-hydrogen) atoms. The van der Waals surface area contributed by atoms with Crippen LogP contribution in [0.4, 0.5) is 4.79 Å². The standard InChI is InChI=1S/C17H20N6O3S2/c24-13(10-28-15-18-12(20-21-15)9-11-5-4-8-27-11)22-23-14(25)17(19-16(23)26)6-2-1-3-7-17/h4-5,8H,1-3,6-7,9-10H2,(H,19,26)(H,22,24)(H,18,20,21). The van der Waals surface area contributed by atoms with Crippen molar-refractivity contribution in [1.82, 2.24) is 30.9 Å². The lowest BCUT2D eigenvalue weighted by Crippen LogP contribution is -2.51. The molecule has 0 radical (unpaired) electrons. The molecule has 4 rings (SSSR count). The third-order valence-electron chi connectivity index (χ3n) is 4.87. The summed E-state index contributed by atoms with van der Waals surface area (Å²) in [6, 6.07) is 3.43. The molecular formula is C17H20N6O3S2. The van der Waals surface area contributed by atoms with E-state index in [1.807, 2.05) is 17.5 Å². The van der Waals surface area contributed by atoms with E-state index in [0.717, 1.165) is 41.9 Å². The van der Waals surface area contributed by atoms with E-state index in [0.29, 0.717) is 24.4 Å². The van der Waals surface area contributed by atoms with E-state index in [-0.39, 0.29) is 11.7 Å². The number of nitrogens with one attached hydrogen (secondary N) is 3. The molecule has 0 unspecified atom stereocenters. The number of carbonyl (C=O) groups is 3. The predicted molar refractivity (Wildman–Crippen MR) is 104 cm³/mol. The number of H-pyrrole nitrogens is 1. The Labute approximate surface area is 169 Å². The molecule has 9 nitrogen and oxygen atoms in total. The van der Waals surface area contributed by atoms with Crippen LogP contribution < -0.4 is 10.7 Å². The van der Waals surface area contributed by atoms with Crippen molar-refractivity contribution >= 4 is 40.9 Å². The Morgan fingerprint density at radius 2 is 2.14 bits per heavy atom. The van der Waals surface area contributed by atoms with Crippen LogP contribution in [-0.4, -0.2) is 49.3 Å². The quantitative estimate of drug-likeness (QED) is 0.484. The highest BCUT2D eigenvalue weighted by Gasteiger charge is 2.52. The van der Waals surface area contributed by atoms with Gasteiger partial charge in [-0.2, -0.15) is 5.01 Å². The van der Waals surface area contributed by atoms with Crippen LogP contribution in [0.2, 0.25) is 0 Å². The summed E-state index contributed by atoms with van der Waals surface area (Å²) in [5.41, 5.74) is 1.56. The molecule has 2 aromatic rings. The lowest BCUT2D eigenvalue weighted by Gasteiger charge is -2.30. The van der Waals surface area contributed by atoms with Gasteiger partial charge in [-0.3, -0.25) is 20.1 Å². The van der Waals surface area contributed by atoms with E-state index in [4.69, 9.17) is 0 Å². The van der Waals surface area contributed by atoms with Gasteiger partial charge in [-0.05, 0) is 24.3 Å². The molecule has 2 fully saturated rings. The summed E-state index contributed by atoms with van der Waals surface area (Å²) in [6.45, 7) is 0. The van der Waals surface area contributed by atoms with E-state index in [1.54, 1.807) is 11.3 Å². The van der Waals surface area contributed by atoms with Gasteiger partial charge in [0.1, 0.15) is 11.4 Å². The number of rotatable bonds is 6. The van der Waals surface area contributed by atoms with Crippen molar-refractivity contribution in [2.45, 2.75) is 49.2 Å². The average molecular weight is 421 g/mol. The van der Waals surface area contributed by atoms with Crippen molar-refractivity contribution in [3.63, 3.8) is 0 Å². The van der Waals surface area contributed by atoms with E-state index in [9.17, 15) is 14.4 Å².